The maximum Gasteiger partial charge on any atom is 0.311 e. The van der Waals surface area contributed by atoms with Gasteiger partial charge in [-0.05, 0) is 47.7 Å². The molecular formula is C21H24ClN3O4. The minimum Gasteiger partial charge on any atom is -0.505 e. The summed E-state index contributed by atoms with van der Waals surface area (Å²) in [5.41, 5.74) is 2.03. The second-order valence-corrected chi connectivity index (χ2v) is 8.29. The second kappa shape index (κ2) is 8.00. The van der Waals surface area contributed by atoms with Crippen LogP contribution < -0.4 is 0 Å². The SMILES string of the molecule is CC(C)C(O)c1cc(C(C(=O)O)C(C)C)c(O)c(-n2nc3ccc(Cl)cc3n2)c1. The highest BCUT2D eigenvalue weighted by atomic mass is 35.5. The van der Waals surface area contributed by atoms with Crippen LogP contribution >= 0.6 is 11.6 Å². The maximum atomic E-state index is 11.9. The predicted octanol–water partition coefficient (Wildman–Crippen LogP) is 4.29. The third kappa shape index (κ3) is 4.06. The summed E-state index contributed by atoms with van der Waals surface area (Å²) in [6.07, 6.45) is -0.839. The number of phenols is 1. The third-order valence-electron chi connectivity index (χ3n) is 4.94. The van der Waals surface area contributed by atoms with E-state index in [0.29, 0.717) is 21.6 Å². The number of fused-ring (bicyclic) bond motifs is 1. The largest absolute Gasteiger partial charge is 0.505 e. The Morgan fingerprint density at radius 2 is 1.69 bits per heavy atom. The number of carbonyl (C=O) groups is 1. The molecule has 3 N–H and O–H groups in total. The van der Waals surface area contributed by atoms with Gasteiger partial charge in [0.25, 0.3) is 0 Å². The first-order chi connectivity index (χ1) is 13.6. The number of rotatable bonds is 6. The first-order valence-corrected chi connectivity index (χ1v) is 9.78. The van der Waals surface area contributed by atoms with Crippen molar-refractivity contribution < 1.29 is 20.1 Å². The molecule has 29 heavy (non-hydrogen) atoms. The predicted molar refractivity (Wildman–Crippen MR) is 111 cm³/mol. The fourth-order valence-electron chi connectivity index (χ4n) is 3.38. The zero-order chi connectivity index (χ0) is 21.5. The summed E-state index contributed by atoms with van der Waals surface area (Å²) in [6.45, 7) is 7.25. The topological polar surface area (TPSA) is 108 Å². The van der Waals surface area contributed by atoms with Crippen molar-refractivity contribution in [3.05, 3.63) is 46.5 Å². The van der Waals surface area contributed by atoms with Gasteiger partial charge < -0.3 is 15.3 Å². The number of nitrogens with zero attached hydrogens (tertiary/aromatic N) is 3. The molecule has 3 rings (SSSR count). The zero-order valence-electron chi connectivity index (χ0n) is 16.7. The fraction of sp³-hybridized carbons (Fsp3) is 0.381. The Hall–Kier alpha value is -2.64. The van der Waals surface area contributed by atoms with Crippen LogP contribution in [0.5, 0.6) is 5.75 Å². The quantitative estimate of drug-likeness (QED) is 0.552. The van der Waals surface area contributed by atoms with Crippen molar-refractivity contribution in [2.75, 3.05) is 0 Å². The number of carboxylic acids is 1. The Morgan fingerprint density at radius 3 is 2.28 bits per heavy atom. The molecule has 0 spiro atoms. The molecular weight excluding hydrogens is 394 g/mol. The number of aromatic nitrogens is 3. The van der Waals surface area contributed by atoms with E-state index < -0.39 is 18.0 Å². The smallest absolute Gasteiger partial charge is 0.311 e. The molecule has 0 amide bonds. The maximum absolute atomic E-state index is 11.9. The van der Waals surface area contributed by atoms with Gasteiger partial charge in [-0.3, -0.25) is 4.79 Å². The van der Waals surface area contributed by atoms with E-state index in [9.17, 15) is 20.1 Å². The number of aliphatic hydroxyl groups is 1. The number of halogens is 1. The standard InChI is InChI=1S/C21H24ClN3O4/c1-10(2)18(21(28)29)14-7-12(19(26)11(3)4)8-17(20(14)27)25-23-15-6-5-13(22)9-16(15)24-25/h5-11,18-19,26-27H,1-4H3,(H,28,29). The highest BCUT2D eigenvalue weighted by Gasteiger charge is 2.30. The Bertz CT molecular complexity index is 1060. The van der Waals surface area contributed by atoms with Crippen molar-refractivity contribution in [2.24, 2.45) is 11.8 Å². The molecule has 7 nitrogen and oxygen atoms in total. The van der Waals surface area contributed by atoms with Crippen LogP contribution in [-0.2, 0) is 4.79 Å². The number of aliphatic hydroxyl groups excluding tert-OH is 1. The Balaban J connectivity index is 2.27. The molecule has 2 unspecified atom stereocenters. The average Bonchev–Trinajstić information content (AvgIpc) is 3.04. The molecule has 3 aromatic rings. The summed E-state index contributed by atoms with van der Waals surface area (Å²) in [5, 5.41) is 40.6. The highest BCUT2D eigenvalue weighted by Crippen LogP contribution is 2.39. The number of carboxylic acid groups (broad SMARTS) is 1. The molecule has 0 fully saturated rings. The molecule has 1 aromatic heterocycles. The van der Waals surface area contributed by atoms with Gasteiger partial charge in [0.1, 0.15) is 22.5 Å². The average molecular weight is 418 g/mol. The molecule has 0 radical (unpaired) electrons. The molecule has 1 heterocycles. The Morgan fingerprint density at radius 1 is 1.03 bits per heavy atom. The number of hydrogen-bond donors (Lipinski definition) is 3. The number of aliphatic carboxylic acids is 1. The van der Waals surface area contributed by atoms with Crippen molar-refractivity contribution in [3.63, 3.8) is 0 Å². The van der Waals surface area contributed by atoms with Crippen LogP contribution in [0.3, 0.4) is 0 Å². The number of hydrogen-bond acceptors (Lipinski definition) is 5. The van der Waals surface area contributed by atoms with Crippen LogP contribution in [0.2, 0.25) is 5.02 Å². The molecule has 2 atom stereocenters. The van der Waals surface area contributed by atoms with E-state index in [2.05, 4.69) is 10.2 Å². The van der Waals surface area contributed by atoms with Gasteiger partial charge in [0.2, 0.25) is 0 Å². The summed E-state index contributed by atoms with van der Waals surface area (Å²) in [5.74, 6) is -2.61. The molecule has 0 aliphatic heterocycles. The first-order valence-electron chi connectivity index (χ1n) is 9.40. The first kappa shape index (κ1) is 21.1. The van der Waals surface area contributed by atoms with Crippen molar-refractivity contribution in [1.82, 2.24) is 15.0 Å². The van der Waals surface area contributed by atoms with Gasteiger partial charge in [0, 0.05) is 10.6 Å². The van der Waals surface area contributed by atoms with Crippen LogP contribution in [0.4, 0.5) is 0 Å². The lowest BCUT2D eigenvalue weighted by Gasteiger charge is -2.23. The van der Waals surface area contributed by atoms with Crippen LogP contribution in [-0.4, -0.2) is 36.3 Å². The van der Waals surface area contributed by atoms with Crippen molar-refractivity contribution in [2.45, 2.75) is 39.7 Å². The second-order valence-electron chi connectivity index (χ2n) is 7.85. The molecule has 0 saturated carbocycles. The molecule has 154 valence electrons. The van der Waals surface area contributed by atoms with Crippen molar-refractivity contribution in [3.8, 4) is 11.4 Å². The van der Waals surface area contributed by atoms with Crippen molar-refractivity contribution >= 4 is 28.6 Å². The summed E-state index contributed by atoms with van der Waals surface area (Å²) in [4.78, 5) is 13.2. The van der Waals surface area contributed by atoms with Gasteiger partial charge in [0.05, 0.1) is 12.0 Å². The van der Waals surface area contributed by atoms with Gasteiger partial charge in [-0.2, -0.15) is 0 Å². The van der Waals surface area contributed by atoms with Crippen LogP contribution in [0.25, 0.3) is 16.7 Å². The summed E-state index contributed by atoms with van der Waals surface area (Å²) < 4.78 is 0. The molecule has 0 bridgehead atoms. The van der Waals surface area contributed by atoms with Crippen LogP contribution in [0, 0.1) is 11.8 Å². The van der Waals surface area contributed by atoms with Crippen LogP contribution in [0.15, 0.2) is 30.3 Å². The summed E-state index contributed by atoms with van der Waals surface area (Å²) >= 11 is 6.02. The van der Waals surface area contributed by atoms with E-state index in [1.807, 2.05) is 13.8 Å². The fourth-order valence-corrected chi connectivity index (χ4v) is 3.55. The van der Waals surface area contributed by atoms with Gasteiger partial charge >= 0.3 is 5.97 Å². The van der Waals surface area contributed by atoms with E-state index >= 15 is 0 Å². The highest BCUT2D eigenvalue weighted by molar-refractivity contribution is 6.31. The minimum atomic E-state index is -1.05. The van der Waals surface area contributed by atoms with Gasteiger partial charge in [-0.15, -0.1) is 15.0 Å². The lowest BCUT2D eigenvalue weighted by Crippen LogP contribution is -2.19. The molecule has 0 aliphatic rings. The van der Waals surface area contributed by atoms with E-state index in [4.69, 9.17) is 11.6 Å². The summed E-state index contributed by atoms with van der Waals surface area (Å²) in [6, 6.07) is 8.19. The van der Waals surface area contributed by atoms with Gasteiger partial charge in [-0.1, -0.05) is 39.3 Å². The van der Waals surface area contributed by atoms with E-state index in [0.717, 1.165) is 0 Å². The van der Waals surface area contributed by atoms with Crippen LogP contribution in [0.1, 0.15) is 50.8 Å². The van der Waals surface area contributed by atoms with Gasteiger partial charge in [-0.25, -0.2) is 0 Å². The minimum absolute atomic E-state index is 0.106. The van der Waals surface area contributed by atoms with E-state index in [1.54, 1.807) is 44.2 Å². The van der Waals surface area contributed by atoms with Crippen molar-refractivity contribution in [1.29, 1.82) is 0 Å². The Kier molecular flexibility index (Phi) is 5.82. The molecule has 0 saturated heterocycles. The zero-order valence-corrected chi connectivity index (χ0v) is 17.4. The Labute approximate surface area is 173 Å². The monoisotopic (exact) mass is 417 g/mol. The van der Waals surface area contributed by atoms with E-state index in [1.165, 1.54) is 4.80 Å². The molecule has 2 aromatic carbocycles. The third-order valence-corrected chi connectivity index (χ3v) is 5.18. The number of phenolic OH excluding ortho intramolecular Hbond substituents is 1. The molecule has 8 heteroatoms. The number of benzene rings is 2. The summed E-state index contributed by atoms with van der Waals surface area (Å²) in [7, 11) is 0. The lowest BCUT2D eigenvalue weighted by molar-refractivity contribution is -0.139. The number of aromatic hydroxyl groups is 1. The van der Waals surface area contributed by atoms with E-state index in [-0.39, 0.29) is 28.8 Å². The lowest BCUT2D eigenvalue weighted by atomic mass is 9.85. The normalized spacial score (nSPS) is 13.9. The van der Waals surface area contributed by atoms with Gasteiger partial charge in [0.15, 0.2) is 0 Å². The molecule has 0 aliphatic carbocycles.